The average Bonchev–Trinajstić information content (AvgIpc) is 2.78. The van der Waals surface area contributed by atoms with E-state index in [0.29, 0.717) is 18.8 Å². The molecule has 8 atom stereocenters. The Labute approximate surface area is 225 Å². The van der Waals surface area contributed by atoms with Gasteiger partial charge in [0.2, 0.25) is 3.55 Å². The Hall–Kier alpha value is -0.440. The van der Waals surface area contributed by atoms with E-state index < -0.39 is 60.8 Å². The van der Waals surface area contributed by atoms with E-state index in [4.69, 9.17) is 20.9 Å². The number of ether oxygens (including phenoxy) is 2. The fourth-order valence-corrected chi connectivity index (χ4v) is 11.8. The summed E-state index contributed by atoms with van der Waals surface area (Å²) in [7, 11) is 0. The summed E-state index contributed by atoms with van der Waals surface area (Å²) in [6.45, 7) is 5.51. The third-order valence-electron chi connectivity index (χ3n) is 8.24. The quantitative estimate of drug-likeness (QED) is 0.110. The molecule has 3 fully saturated rings. The highest BCUT2D eigenvalue weighted by molar-refractivity contribution is 14.2. The van der Waals surface area contributed by atoms with Crippen LogP contribution >= 0.6 is 39.6 Å². The topological polar surface area (TPSA) is 137 Å². The first kappa shape index (κ1) is 29.1. The van der Waals surface area contributed by atoms with Gasteiger partial charge < -0.3 is 26.0 Å². The lowest BCUT2D eigenvalue weighted by Gasteiger charge is -2.56. The van der Waals surface area contributed by atoms with Gasteiger partial charge in [0.05, 0.1) is 15.9 Å². The van der Waals surface area contributed by atoms with Gasteiger partial charge in [-0.2, -0.15) is 0 Å². The van der Waals surface area contributed by atoms with Crippen molar-refractivity contribution in [2.45, 2.75) is 95.5 Å². The van der Waals surface area contributed by atoms with Crippen LogP contribution in [0.2, 0.25) is 0 Å². The first-order chi connectivity index (χ1) is 16.5. The fourth-order valence-electron chi connectivity index (χ4n) is 6.43. The van der Waals surface area contributed by atoms with Crippen molar-refractivity contribution < 1.29 is 24.2 Å². The van der Waals surface area contributed by atoms with Gasteiger partial charge in [-0.05, 0) is 70.4 Å². The summed E-state index contributed by atoms with van der Waals surface area (Å²) in [5, 5.41) is 10.2. The molecule has 0 aromatic rings. The molecule has 0 radical (unpaired) electrons. The number of alkyl halides is 2. The Balaban J connectivity index is 1.92. The Morgan fingerprint density at radius 3 is 2.66 bits per heavy atom. The normalized spacial score (nSPS) is 39.2. The molecule has 200 valence electrons. The van der Waals surface area contributed by atoms with Crippen LogP contribution < -0.4 is 11.5 Å². The van der Waals surface area contributed by atoms with E-state index in [1.807, 2.05) is 6.92 Å². The van der Waals surface area contributed by atoms with Gasteiger partial charge in [0.1, 0.15) is 11.7 Å². The molecule has 0 spiro atoms. The number of aliphatic hydroxyl groups is 1. The largest absolute Gasteiger partial charge is 0.459 e. The first-order valence-electron chi connectivity index (χ1n) is 12.2. The lowest BCUT2D eigenvalue weighted by Crippen LogP contribution is -2.62. The van der Waals surface area contributed by atoms with Crippen molar-refractivity contribution in [2.24, 2.45) is 28.3 Å². The summed E-state index contributed by atoms with van der Waals surface area (Å²) in [4.78, 5) is 29.6. The number of nitrogens with two attached hydrogens (primary N) is 2. The molecule has 1 aliphatic heterocycles. The van der Waals surface area contributed by atoms with E-state index in [9.17, 15) is 14.7 Å². The molecule has 3 rings (SSSR count). The highest BCUT2D eigenvalue weighted by atomic mass is 127. The molecule has 2 aliphatic carbocycles. The molecule has 1 heterocycles. The van der Waals surface area contributed by atoms with Gasteiger partial charge >= 0.3 is 11.9 Å². The number of nitrogens with zero attached hydrogens (tertiary/aromatic N) is 1. The maximum absolute atomic E-state index is 13.5. The van der Waals surface area contributed by atoms with Gasteiger partial charge in [-0.3, -0.25) is 9.79 Å². The summed E-state index contributed by atoms with van der Waals surface area (Å²) in [6.07, 6.45) is 5.49. The average molecular weight is 717 g/mol. The van der Waals surface area contributed by atoms with Crippen LogP contribution in [0.5, 0.6) is 0 Å². The standard InChI is InChI=1S/C25H41I2N3O5/c1-23(14-17(31)13-21(32)35-23)12-11-18-19(29)10-9-16-7-6-8-20(25(16,18)26-2)34-22(33)24(15-28,30-5)27(3)4/h16-20,31H,2-15,28-29H2,1H3/t16?,17-,18-,19-,20?,23+,24-,25+/m0/s1. The first-order valence-corrected chi connectivity index (χ1v) is 18.9. The Morgan fingerprint density at radius 1 is 1.37 bits per heavy atom. The van der Waals surface area contributed by atoms with E-state index in [1.165, 1.54) is 0 Å². The predicted octanol–water partition coefficient (Wildman–Crippen LogP) is 2.54. The van der Waals surface area contributed by atoms with Crippen LogP contribution in [0.3, 0.4) is 0 Å². The minimum atomic E-state index is -2.33. The van der Waals surface area contributed by atoms with Crippen LogP contribution in [0.15, 0.2) is 4.99 Å². The molecular formula is C25H41I2N3O5. The zero-order valence-electron chi connectivity index (χ0n) is 20.7. The van der Waals surface area contributed by atoms with Crippen LogP contribution in [0.25, 0.3) is 0 Å². The summed E-state index contributed by atoms with van der Waals surface area (Å²) < 4.78 is 23.1. The van der Waals surface area contributed by atoms with Gasteiger partial charge in [0, 0.05) is 19.0 Å². The molecule has 0 amide bonds. The second kappa shape index (κ2) is 11.5. The van der Waals surface area contributed by atoms with E-state index in [0.717, 1.165) is 38.5 Å². The number of halogens is 2. The van der Waals surface area contributed by atoms with Gasteiger partial charge in [0.25, 0.3) is 0 Å². The molecule has 2 saturated carbocycles. The Bertz CT molecular complexity index is 919. The van der Waals surface area contributed by atoms with Crippen molar-refractivity contribution in [3.05, 3.63) is 0 Å². The number of carbonyl (C=O) groups is 2. The summed E-state index contributed by atoms with van der Waals surface area (Å²) in [6, 6.07) is -0.0550. The van der Waals surface area contributed by atoms with Crippen LogP contribution in [0.4, 0.5) is 0 Å². The number of aliphatic imine (C=N–C) groups is 1. The molecule has 5 N–H and O–H groups in total. The zero-order chi connectivity index (χ0) is 26.0. The third kappa shape index (κ3) is 5.56. The third-order valence-corrected chi connectivity index (χ3v) is 15.7. The SMILES string of the molecule is C=N[C@@](CN)(C(=O)OC1CCCC2CC[C@H](N)[C@H](CC[C@]3(C)C[C@@H](O)CC(=O)O3)[C@]21I=C)I(=C)=C. The fraction of sp³-hybridized carbons (Fsp3) is 0.760. The van der Waals surface area contributed by atoms with E-state index in [1.54, 1.807) is 0 Å². The Kier molecular flexibility index (Phi) is 9.59. The number of hydrogen-bond acceptors (Lipinski definition) is 8. The second-order valence-electron chi connectivity index (χ2n) is 10.4. The highest BCUT2D eigenvalue weighted by Crippen LogP contribution is 2.57. The molecule has 0 bridgehead atoms. The summed E-state index contributed by atoms with van der Waals surface area (Å²) >= 11 is -2.95. The van der Waals surface area contributed by atoms with E-state index in [2.05, 4.69) is 25.3 Å². The lowest BCUT2D eigenvalue weighted by molar-refractivity contribution is -0.176. The van der Waals surface area contributed by atoms with Crippen molar-refractivity contribution in [2.75, 3.05) is 6.54 Å². The van der Waals surface area contributed by atoms with Crippen LogP contribution in [-0.4, -0.2) is 74.7 Å². The minimum absolute atomic E-state index is 0.00917. The van der Waals surface area contributed by atoms with Crippen molar-refractivity contribution in [3.63, 3.8) is 0 Å². The smallest absolute Gasteiger partial charge is 0.345 e. The number of cyclic esters (lactones) is 1. The molecular weight excluding hydrogens is 676 g/mol. The Morgan fingerprint density at radius 2 is 2.09 bits per heavy atom. The molecule has 35 heavy (non-hydrogen) atoms. The number of aliphatic hydroxyl groups excluding tert-OH is 1. The molecule has 0 aromatic carbocycles. The number of carbonyl (C=O) groups excluding carboxylic acids is 2. The van der Waals surface area contributed by atoms with E-state index >= 15 is 0 Å². The monoisotopic (exact) mass is 717 g/mol. The zero-order valence-corrected chi connectivity index (χ0v) is 25.0. The van der Waals surface area contributed by atoms with Crippen molar-refractivity contribution >= 4 is 71.8 Å². The predicted molar refractivity (Wildman–Crippen MR) is 160 cm³/mol. The van der Waals surface area contributed by atoms with Crippen molar-refractivity contribution in [1.29, 1.82) is 0 Å². The maximum Gasteiger partial charge on any atom is 0.345 e. The molecule has 1 saturated heterocycles. The molecule has 10 heteroatoms. The molecule has 8 nitrogen and oxygen atoms in total. The number of rotatable bonds is 9. The van der Waals surface area contributed by atoms with Crippen LogP contribution in [0.1, 0.15) is 64.7 Å². The van der Waals surface area contributed by atoms with Gasteiger partial charge in [0.15, 0.2) is 0 Å². The van der Waals surface area contributed by atoms with Crippen LogP contribution in [0, 0.1) is 11.8 Å². The maximum atomic E-state index is 13.5. The number of fused-ring (bicyclic) bond motifs is 1. The molecule has 3 aliphatic rings. The van der Waals surface area contributed by atoms with Gasteiger partial charge in [-0.25, -0.2) is 4.79 Å². The van der Waals surface area contributed by atoms with Crippen molar-refractivity contribution in [1.82, 2.24) is 0 Å². The van der Waals surface area contributed by atoms with E-state index in [-0.39, 0.29) is 40.4 Å². The lowest BCUT2D eigenvalue weighted by atomic mass is 9.61. The number of hydrogen-bond donors (Lipinski definition) is 3. The van der Waals surface area contributed by atoms with Gasteiger partial charge in [-0.15, -0.1) is 39.6 Å². The number of esters is 2. The second-order valence-corrected chi connectivity index (χ2v) is 17.5. The van der Waals surface area contributed by atoms with Crippen LogP contribution in [-0.2, 0) is 19.1 Å². The summed E-state index contributed by atoms with van der Waals surface area (Å²) in [5.74, 6) is -0.356. The highest BCUT2D eigenvalue weighted by Gasteiger charge is 2.58. The van der Waals surface area contributed by atoms with Gasteiger partial charge in [-0.1, -0.05) is 13.5 Å². The molecule has 0 aromatic heterocycles. The molecule has 2 unspecified atom stereocenters. The summed E-state index contributed by atoms with van der Waals surface area (Å²) in [5.41, 5.74) is 12.0. The minimum Gasteiger partial charge on any atom is -0.459 e. The van der Waals surface area contributed by atoms with Crippen molar-refractivity contribution in [3.8, 4) is 0 Å².